The topological polar surface area (TPSA) is 64.4 Å². The van der Waals surface area contributed by atoms with Gasteiger partial charge < -0.3 is 10.1 Å². The average molecular weight is 262 g/mol. The highest BCUT2D eigenvalue weighted by atomic mass is 19.1. The summed E-state index contributed by atoms with van der Waals surface area (Å²) in [4.78, 5) is 9.83. The predicted octanol–water partition coefficient (Wildman–Crippen LogP) is 3.57. The molecule has 0 aliphatic rings. The summed E-state index contributed by atoms with van der Waals surface area (Å²) in [5, 5.41) is 13.4. The van der Waals surface area contributed by atoms with Gasteiger partial charge >= 0.3 is 0 Å². The van der Waals surface area contributed by atoms with Gasteiger partial charge in [-0.25, -0.2) is 4.39 Å². The monoisotopic (exact) mass is 262 g/mol. The lowest BCUT2D eigenvalue weighted by atomic mass is 10.3. The van der Waals surface area contributed by atoms with Gasteiger partial charge in [0.15, 0.2) is 11.6 Å². The summed E-state index contributed by atoms with van der Waals surface area (Å²) in [7, 11) is 1.78. The molecule has 0 atom stereocenters. The Balaban J connectivity index is 2.20. The molecule has 0 saturated carbocycles. The van der Waals surface area contributed by atoms with Gasteiger partial charge in [0.2, 0.25) is 0 Å². The molecule has 0 heterocycles. The summed E-state index contributed by atoms with van der Waals surface area (Å²) in [6, 6.07) is 10.2. The van der Waals surface area contributed by atoms with E-state index in [-0.39, 0.29) is 11.4 Å². The Bertz CT molecular complexity index is 599. The first kappa shape index (κ1) is 12.8. The number of nitrogens with one attached hydrogen (secondary N) is 1. The molecule has 2 rings (SSSR count). The number of nitro benzene ring substituents is 1. The van der Waals surface area contributed by atoms with E-state index in [1.807, 2.05) is 0 Å². The number of halogens is 1. The fourth-order valence-corrected chi connectivity index (χ4v) is 1.50. The molecular weight excluding hydrogens is 251 g/mol. The fraction of sp³-hybridized carbons (Fsp3) is 0.0769. The van der Waals surface area contributed by atoms with Gasteiger partial charge in [-0.05, 0) is 30.3 Å². The van der Waals surface area contributed by atoms with Crippen molar-refractivity contribution < 1.29 is 14.1 Å². The van der Waals surface area contributed by atoms with E-state index in [0.29, 0.717) is 5.75 Å². The van der Waals surface area contributed by atoms with Crippen molar-refractivity contribution in [2.75, 3.05) is 12.4 Å². The summed E-state index contributed by atoms with van der Waals surface area (Å²) in [6.07, 6.45) is 0. The molecule has 5 nitrogen and oxygen atoms in total. The van der Waals surface area contributed by atoms with Crippen LogP contribution in [0.2, 0.25) is 0 Å². The maximum Gasteiger partial charge on any atom is 0.272 e. The zero-order chi connectivity index (χ0) is 13.8. The van der Waals surface area contributed by atoms with E-state index >= 15 is 0 Å². The van der Waals surface area contributed by atoms with E-state index in [0.717, 1.165) is 11.8 Å². The Morgan fingerprint density at radius 2 is 1.89 bits per heavy atom. The Morgan fingerprint density at radius 3 is 2.42 bits per heavy atom. The van der Waals surface area contributed by atoms with Crippen LogP contribution in [-0.4, -0.2) is 12.0 Å². The molecule has 0 fully saturated rings. The first-order chi connectivity index (χ1) is 9.10. The predicted molar refractivity (Wildman–Crippen MR) is 69.1 cm³/mol. The molecule has 0 radical (unpaired) electrons. The highest BCUT2D eigenvalue weighted by Crippen LogP contribution is 2.28. The first-order valence-corrected chi connectivity index (χ1v) is 5.50. The van der Waals surface area contributed by atoms with Gasteiger partial charge in [0, 0.05) is 18.8 Å². The van der Waals surface area contributed by atoms with Crippen LogP contribution >= 0.6 is 0 Å². The van der Waals surface area contributed by atoms with Gasteiger partial charge in [-0.1, -0.05) is 0 Å². The van der Waals surface area contributed by atoms with Crippen LogP contribution in [0.1, 0.15) is 0 Å². The maximum atomic E-state index is 13.6. The van der Waals surface area contributed by atoms with Crippen LogP contribution in [0.25, 0.3) is 0 Å². The van der Waals surface area contributed by atoms with Crippen molar-refractivity contribution in [2.45, 2.75) is 0 Å². The van der Waals surface area contributed by atoms with Crippen molar-refractivity contribution in [1.29, 1.82) is 0 Å². The van der Waals surface area contributed by atoms with Gasteiger partial charge in [-0.15, -0.1) is 0 Å². The summed E-state index contributed by atoms with van der Waals surface area (Å²) < 4.78 is 18.9. The minimum atomic E-state index is -0.771. The first-order valence-electron chi connectivity index (χ1n) is 5.50. The van der Waals surface area contributed by atoms with Crippen LogP contribution in [0.4, 0.5) is 15.8 Å². The zero-order valence-corrected chi connectivity index (χ0v) is 10.1. The second kappa shape index (κ2) is 5.34. The lowest BCUT2D eigenvalue weighted by Gasteiger charge is -2.07. The molecule has 0 amide bonds. The Kier molecular flexibility index (Phi) is 3.61. The van der Waals surface area contributed by atoms with Crippen LogP contribution in [0, 0.1) is 15.9 Å². The molecule has 0 aliphatic heterocycles. The lowest BCUT2D eigenvalue weighted by Crippen LogP contribution is -1.93. The molecule has 0 saturated heterocycles. The normalized spacial score (nSPS) is 10.0. The standard InChI is InChI=1S/C13H11FN2O3/c1-15-9-2-5-11(6-3-9)19-13-7-4-10(16(17)18)8-12(13)14/h2-8,15H,1H3. The third-order valence-corrected chi connectivity index (χ3v) is 2.50. The third-order valence-electron chi connectivity index (χ3n) is 2.50. The van der Waals surface area contributed by atoms with Crippen molar-refractivity contribution in [3.05, 3.63) is 58.4 Å². The number of anilines is 1. The van der Waals surface area contributed by atoms with E-state index in [1.54, 1.807) is 31.3 Å². The van der Waals surface area contributed by atoms with Crippen molar-refractivity contribution >= 4 is 11.4 Å². The minimum Gasteiger partial charge on any atom is -0.454 e. The Labute approximate surface area is 108 Å². The molecule has 0 bridgehead atoms. The molecule has 0 aromatic heterocycles. The van der Waals surface area contributed by atoms with Gasteiger partial charge in [0.25, 0.3) is 5.69 Å². The van der Waals surface area contributed by atoms with Gasteiger partial charge in [0.1, 0.15) is 5.75 Å². The maximum absolute atomic E-state index is 13.6. The molecule has 2 aromatic carbocycles. The lowest BCUT2D eigenvalue weighted by molar-refractivity contribution is -0.385. The molecule has 0 spiro atoms. The summed E-state index contributed by atoms with van der Waals surface area (Å²) in [6.45, 7) is 0. The molecule has 1 N–H and O–H groups in total. The fourth-order valence-electron chi connectivity index (χ4n) is 1.50. The van der Waals surface area contributed by atoms with Crippen LogP contribution in [0.3, 0.4) is 0 Å². The second-order valence-electron chi connectivity index (χ2n) is 3.75. The molecule has 19 heavy (non-hydrogen) atoms. The van der Waals surface area contributed by atoms with E-state index in [2.05, 4.69) is 5.32 Å². The number of non-ortho nitro benzene ring substituents is 1. The number of nitrogens with zero attached hydrogens (tertiary/aromatic N) is 1. The van der Waals surface area contributed by atoms with Gasteiger partial charge in [-0.2, -0.15) is 0 Å². The molecule has 0 aliphatic carbocycles. The molecule has 6 heteroatoms. The highest BCUT2D eigenvalue weighted by Gasteiger charge is 2.12. The largest absolute Gasteiger partial charge is 0.454 e. The van der Waals surface area contributed by atoms with Crippen molar-refractivity contribution in [3.63, 3.8) is 0 Å². The SMILES string of the molecule is CNc1ccc(Oc2ccc([N+](=O)[O-])cc2F)cc1. The molecule has 98 valence electrons. The van der Waals surface area contributed by atoms with Gasteiger partial charge in [-0.3, -0.25) is 10.1 Å². The molecular formula is C13H11FN2O3. The Hall–Kier alpha value is -2.63. The van der Waals surface area contributed by atoms with Crippen LogP contribution < -0.4 is 10.1 Å². The number of hydrogen-bond acceptors (Lipinski definition) is 4. The summed E-state index contributed by atoms with van der Waals surface area (Å²) in [5.74, 6) is -0.374. The smallest absolute Gasteiger partial charge is 0.272 e. The van der Waals surface area contributed by atoms with E-state index < -0.39 is 10.7 Å². The average Bonchev–Trinajstić information content (AvgIpc) is 2.41. The quantitative estimate of drug-likeness (QED) is 0.675. The van der Waals surface area contributed by atoms with E-state index in [4.69, 9.17) is 4.74 Å². The third kappa shape index (κ3) is 2.98. The number of nitro groups is 1. The van der Waals surface area contributed by atoms with Crippen molar-refractivity contribution in [2.24, 2.45) is 0 Å². The minimum absolute atomic E-state index is 0.0530. The zero-order valence-electron chi connectivity index (χ0n) is 10.1. The summed E-state index contributed by atoms with van der Waals surface area (Å²) in [5.41, 5.74) is 0.590. The number of rotatable bonds is 4. The van der Waals surface area contributed by atoms with Gasteiger partial charge in [0.05, 0.1) is 11.0 Å². The van der Waals surface area contributed by atoms with Crippen molar-refractivity contribution in [3.8, 4) is 11.5 Å². The van der Waals surface area contributed by atoms with Crippen molar-refractivity contribution in [1.82, 2.24) is 0 Å². The highest BCUT2D eigenvalue weighted by molar-refractivity contribution is 5.47. The van der Waals surface area contributed by atoms with Crippen LogP contribution in [0.5, 0.6) is 11.5 Å². The number of hydrogen-bond donors (Lipinski definition) is 1. The van der Waals surface area contributed by atoms with E-state index in [9.17, 15) is 14.5 Å². The molecule has 2 aromatic rings. The van der Waals surface area contributed by atoms with Crippen LogP contribution in [0.15, 0.2) is 42.5 Å². The Morgan fingerprint density at radius 1 is 1.21 bits per heavy atom. The number of benzene rings is 2. The summed E-state index contributed by atoms with van der Waals surface area (Å²) >= 11 is 0. The second-order valence-corrected chi connectivity index (χ2v) is 3.75. The molecule has 0 unspecified atom stereocenters. The van der Waals surface area contributed by atoms with E-state index in [1.165, 1.54) is 12.1 Å². The van der Waals surface area contributed by atoms with Crippen LogP contribution in [-0.2, 0) is 0 Å². The number of ether oxygens (including phenoxy) is 1.